The number of para-hydroxylation sites is 1. The first-order valence-corrected chi connectivity index (χ1v) is 6.54. The van der Waals surface area contributed by atoms with E-state index in [-0.39, 0.29) is 30.3 Å². The molecule has 0 spiro atoms. The summed E-state index contributed by atoms with van der Waals surface area (Å²) in [5.74, 6) is -1.33. The fourth-order valence-corrected chi connectivity index (χ4v) is 1.67. The Bertz CT molecular complexity index is 466. The number of hydrogen-bond donors (Lipinski definition) is 2. The Hall–Kier alpha value is -1.88. The molecule has 0 aromatic heterocycles. The lowest BCUT2D eigenvalue weighted by Gasteiger charge is -2.29. The Morgan fingerprint density at radius 2 is 1.80 bits per heavy atom. The van der Waals surface area contributed by atoms with Gasteiger partial charge in [0, 0.05) is 18.2 Å². The minimum absolute atomic E-state index is 0.117. The van der Waals surface area contributed by atoms with Gasteiger partial charge in [0.25, 0.3) is 0 Å². The third kappa shape index (κ3) is 4.66. The summed E-state index contributed by atoms with van der Waals surface area (Å²) in [5.41, 5.74) is 6.37. The molecule has 1 amide bonds. The van der Waals surface area contributed by atoms with Crippen molar-refractivity contribution in [1.29, 1.82) is 0 Å². The average molecular weight is 278 g/mol. The summed E-state index contributed by atoms with van der Waals surface area (Å²) in [4.78, 5) is 24.5. The third-order valence-electron chi connectivity index (χ3n) is 3.17. The zero-order valence-electron chi connectivity index (χ0n) is 12.2. The second-order valence-corrected chi connectivity index (χ2v) is 5.89. The van der Waals surface area contributed by atoms with Crippen molar-refractivity contribution in [3.8, 4) is 0 Å². The van der Waals surface area contributed by atoms with Gasteiger partial charge >= 0.3 is 5.97 Å². The number of hydrogen-bond acceptors (Lipinski definition) is 3. The Balaban J connectivity index is 2.89. The normalized spacial score (nSPS) is 12.8. The van der Waals surface area contributed by atoms with Gasteiger partial charge in [0.15, 0.2) is 0 Å². The minimum Gasteiger partial charge on any atom is -0.480 e. The zero-order valence-corrected chi connectivity index (χ0v) is 12.2. The maximum atomic E-state index is 12.3. The molecule has 0 fully saturated rings. The smallest absolute Gasteiger partial charge is 0.323 e. The number of benzene rings is 1. The molecule has 3 N–H and O–H groups in total. The molecule has 20 heavy (non-hydrogen) atoms. The Kier molecular flexibility index (Phi) is 5.27. The number of carboxylic acid groups (broad SMARTS) is 1. The lowest BCUT2D eigenvalue weighted by molar-refractivity contribution is -0.136. The number of nitrogens with zero attached hydrogens (tertiary/aromatic N) is 1. The highest BCUT2D eigenvalue weighted by Gasteiger charge is 2.27. The van der Waals surface area contributed by atoms with Crippen molar-refractivity contribution >= 4 is 17.6 Å². The zero-order chi connectivity index (χ0) is 15.3. The van der Waals surface area contributed by atoms with E-state index < -0.39 is 5.97 Å². The molecule has 1 atom stereocenters. The summed E-state index contributed by atoms with van der Waals surface area (Å²) in [6.45, 7) is 5.50. The van der Waals surface area contributed by atoms with Crippen LogP contribution in [0.2, 0.25) is 0 Å². The maximum Gasteiger partial charge on any atom is 0.323 e. The van der Waals surface area contributed by atoms with Crippen molar-refractivity contribution in [2.45, 2.75) is 33.2 Å². The number of carboxylic acids is 1. The molecular weight excluding hydrogens is 256 g/mol. The first-order chi connectivity index (χ1) is 9.21. The van der Waals surface area contributed by atoms with Gasteiger partial charge < -0.3 is 15.7 Å². The van der Waals surface area contributed by atoms with Crippen molar-refractivity contribution in [1.82, 2.24) is 0 Å². The predicted molar refractivity (Wildman–Crippen MR) is 78.5 cm³/mol. The van der Waals surface area contributed by atoms with Gasteiger partial charge in [-0.25, -0.2) is 0 Å². The van der Waals surface area contributed by atoms with Crippen LogP contribution in [0.25, 0.3) is 0 Å². The highest BCUT2D eigenvalue weighted by Crippen LogP contribution is 2.22. The summed E-state index contributed by atoms with van der Waals surface area (Å²) in [5, 5.41) is 8.96. The van der Waals surface area contributed by atoms with E-state index in [2.05, 4.69) is 0 Å². The van der Waals surface area contributed by atoms with Gasteiger partial charge in [0.1, 0.15) is 6.54 Å². The van der Waals surface area contributed by atoms with E-state index in [0.29, 0.717) is 5.69 Å². The fourth-order valence-electron chi connectivity index (χ4n) is 1.67. The molecule has 1 aromatic carbocycles. The number of carbonyl (C=O) groups excluding carboxylic acids is 1. The van der Waals surface area contributed by atoms with E-state index in [1.165, 1.54) is 4.90 Å². The average Bonchev–Trinajstić information content (AvgIpc) is 2.35. The highest BCUT2D eigenvalue weighted by molar-refractivity contribution is 5.97. The van der Waals surface area contributed by atoms with Gasteiger partial charge in [0.05, 0.1) is 0 Å². The molecule has 0 heterocycles. The maximum absolute atomic E-state index is 12.3. The van der Waals surface area contributed by atoms with Gasteiger partial charge in [-0.2, -0.15) is 0 Å². The van der Waals surface area contributed by atoms with Crippen LogP contribution in [0.4, 0.5) is 5.69 Å². The van der Waals surface area contributed by atoms with Gasteiger partial charge in [-0.1, -0.05) is 39.0 Å². The number of nitrogens with two attached hydrogens (primary N) is 1. The predicted octanol–water partition coefficient (Wildman–Crippen LogP) is 1.87. The van der Waals surface area contributed by atoms with Crippen LogP contribution in [0.15, 0.2) is 30.3 Å². The Morgan fingerprint density at radius 1 is 1.25 bits per heavy atom. The van der Waals surface area contributed by atoms with Crippen LogP contribution in [0.3, 0.4) is 0 Å². The molecule has 0 saturated heterocycles. The minimum atomic E-state index is -1.05. The van der Waals surface area contributed by atoms with Crippen molar-refractivity contribution in [2.75, 3.05) is 11.4 Å². The van der Waals surface area contributed by atoms with E-state index >= 15 is 0 Å². The quantitative estimate of drug-likeness (QED) is 0.861. The SMILES string of the molecule is CC(C)(C)C(N)CC(=O)N(CC(=O)O)c1ccccc1. The molecule has 5 nitrogen and oxygen atoms in total. The first kappa shape index (κ1) is 16.2. The van der Waals surface area contributed by atoms with E-state index in [1.807, 2.05) is 26.8 Å². The van der Waals surface area contributed by atoms with Crippen LogP contribution in [0.5, 0.6) is 0 Å². The second-order valence-electron chi connectivity index (χ2n) is 5.89. The molecular formula is C15H22N2O3. The van der Waals surface area contributed by atoms with E-state index in [0.717, 1.165) is 0 Å². The van der Waals surface area contributed by atoms with Crippen LogP contribution in [0.1, 0.15) is 27.2 Å². The number of anilines is 1. The van der Waals surface area contributed by atoms with Crippen LogP contribution < -0.4 is 10.6 Å². The molecule has 1 rings (SSSR count). The fraction of sp³-hybridized carbons (Fsp3) is 0.467. The second kappa shape index (κ2) is 6.52. The summed E-state index contributed by atoms with van der Waals surface area (Å²) >= 11 is 0. The van der Waals surface area contributed by atoms with Crippen LogP contribution in [-0.4, -0.2) is 29.6 Å². The van der Waals surface area contributed by atoms with E-state index in [9.17, 15) is 9.59 Å². The summed E-state index contributed by atoms with van der Waals surface area (Å²) in [7, 11) is 0. The first-order valence-electron chi connectivity index (χ1n) is 6.54. The molecule has 1 aromatic rings. The van der Waals surface area contributed by atoms with Crippen molar-refractivity contribution in [3.63, 3.8) is 0 Å². The molecule has 0 aliphatic carbocycles. The molecule has 0 bridgehead atoms. The van der Waals surface area contributed by atoms with Gasteiger partial charge in [-0.3, -0.25) is 9.59 Å². The molecule has 1 unspecified atom stereocenters. The molecule has 0 saturated carbocycles. The molecule has 0 aliphatic rings. The lowest BCUT2D eigenvalue weighted by atomic mass is 9.85. The Morgan fingerprint density at radius 3 is 2.25 bits per heavy atom. The molecule has 0 aliphatic heterocycles. The number of carbonyl (C=O) groups is 2. The third-order valence-corrected chi connectivity index (χ3v) is 3.17. The number of rotatable bonds is 5. The van der Waals surface area contributed by atoms with E-state index in [1.54, 1.807) is 24.3 Å². The van der Waals surface area contributed by atoms with Gasteiger partial charge in [-0.15, -0.1) is 0 Å². The van der Waals surface area contributed by atoms with Gasteiger partial charge in [0.2, 0.25) is 5.91 Å². The molecule has 110 valence electrons. The van der Waals surface area contributed by atoms with Crippen LogP contribution >= 0.6 is 0 Å². The number of amides is 1. The highest BCUT2D eigenvalue weighted by atomic mass is 16.4. The van der Waals surface area contributed by atoms with Crippen molar-refractivity contribution in [3.05, 3.63) is 30.3 Å². The summed E-state index contributed by atoms with van der Waals surface area (Å²) < 4.78 is 0. The number of aliphatic carboxylic acids is 1. The molecule has 5 heteroatoms. The topological polar surface area (TPSA) is 83.6 Å². The Labute approximate surface area is 119 Å². The van der Waals surface area contributed by atoms with Crippen molar-refractivity contribution in [2.24, 2.45) is 11.1 Å². The van der Waals surface area contributed by atoms with Crippen LogP contribution in [0, 0.1) is 5.41 Å². The van der Waals surface area contributed by atoms with Crippen molar-refractivity contribution < 1.29 is 14.7 Å². The summed E-state index contributed by atoms with van der Waals surface area (Å²) in [6.07, 6.45) is 0.117. The molecule has 0 radical (unpaired) electrons. The monoisotopic (exact) mass is 278 g/mol. The summed E-state index contributed by atoms with van der Waals surface area (Å²) in [6, 6.07) is 8.44. The lowest BCUT2D eigenvalue weighted by Crippen LogP contribution is -2.43. The van der Waals surface area contributed by atoms with E-state index in [4.69, 9.17) is 10.8 Å². The van der Waals surface area contributed by atoms with Crippen LogP contribution in [-0.2, 0) is 9.59 Å². The standard InChI is InChI=1S/C15H22N2O3/c1-15(2,3)12(16)9-13(18)17(10-14(19)20)11-7-5-4-6-8-11/h4-8,12H,9-10,16H2,1-3H3,(H,19,20). The van der Waals surface area contributed by atoms with Gasteiger partial charge in [-0.05, 0) is 17.5 Å². The largest absolute Gasteiger partial charge is 0.480 e.